The molecule has 0 heterocycles. The molecule has 0 radical (unpaired) electrons. The Morgan fingerprint density at radius 1 is 0.582 bits per heavy atom. The lowest BCUT2D eigenvalue weighted by Gasteiger charge is -2.24. The smallest absolute Gasteiger partial charge is 0.462 e. The highest BCUT2D eigenvalue weighted by Gasteiger charge is 2.27. The number of ether oxygens (including phenoxy) is 2. The van der Waals surface area contributed by atoms with Crippen LogP contribution in [0, 0.1) is 0 Å². The molecule has 9 nitrogen and oxygen atoms in total. The number of hydrogen-bond acceptors (Lipinski definition) is 7. The van der Waals surface area contributed by atoms with E-state index in [2.05, 4.69) is 50.3 Å². The molecule has 0 bridgehead atoms. The van der Waals surface area contributed by atoms with Gasteiger partial charge < -0.3 is 18.9 Å². The summed E-state index contributed by atoms with van der Waals surface area (Å²) in [7, 11) is 1.46. The number of phosphoric acid groups is 1. The van der Waals surface area contributed by atoms with E-state index in [0.717, 1.165) is 57.8 Å². The minimum Gasteiger partial charge on any atom is -0.462 e. The van der Waals surface area contributed by atoms with Gasteiger partial charge in [-0.15, -0.1) is 0 Å². The first-order valence-corrected chi connectivity index (χ1v) is 23.7. The van der Waals surface area contributed by atoms with Gasteiger partial charge in [-0.1, -0.05) is 166 Å². The van der Waals surface area contributed by atoms with Gasteiger partial charge in [-0.3, -0.25) is 18.6 Å². The average Bonchev–Trinajstić information content (AvgIpc) is 3.13. The van der Waals surface area contributed by atoms with Gasteiger partial charge in [0.15, 0.2) is 6.10 Å². The fourth-order valence-electron chi connectivity index (χ4n) is 5.97. The molecule has 322 valence electrons. The summed E-state index contributed by atoms with van der Waals surface area (Å²) >= 11 is 0. The summed E-state index contributed by atoms with van der Waals surface area (Å²) in [6, 6.07) is 0. The van der Waals surface area contributed by atoms with Crippen molar-refractivity contribution in [2.75, 3.05) is 47.5 Å². The van der Waals surface area contributed by atoms with Crippen molar-refractivity contribution in [1.29, 1.82) is 0 Å². The van der Waals surface area contributed by atoms with Crippen LogP contribution in [0.1, 0.15) is 187 Å². The van der Waals surface area contributed by atoms with Crippen LogP contribution in [0.3, 0.4) is 0 Å². The van der Waals surface area contributed by atoms with Gasteiger partial charge in [-0.05, 0) is 44.9 Å². The Kier molecular flexibility index (Phi) is 36.6. The average molecular weight is 799 g/mol. The van der Waals surface area contributed by atoms with Gasteiger partial charge in [-0.25, -0.2) is 4.57 Å². The predicted octanol–water partition coefficient (Wildman–Crippen LogP) is 12.5. The fourth-order valence-corrected chi connectivity index (χ4v) is 6.71. The first kappa shape index (κ1) is 53.2. The number of carbonyl (C=O) groups excluding carboxylic acids is 2. The van der Waals surface area contributed by atoms with Gasteiger partial charge >= 0.3 is 19.8 Å². The zero-order chi connectivity index (χ0) is 40.7. The van der Waals surface area contributed by atoms with Crippen molar-refractivity contribution in [3.05, 3.63) is 36.5 Å². The molecule has 0 rings (SSSR count). The van der Waals surface area contributed by atoms with Crippen molar-refractivity contribution in [2.24, 2.45) is 0 Å². The Balaban J connectivity index is 4.33. The highest BCUT2D eigenvalue weighted by molar-refractivity contribution is 7.47. The molecule has 0 amide bonds. The maximum Gasteiger partial charge on any atom is 0.472 e. The Morgan fingerprint density at radius 2 is 1.04 bits per heavy atom. The molecule has 0 saturated heterocycles. The van der Waals surface area contributed by atoms with E-state index in [-0.39, 0.29) is 32.0 Å². The molecule has 0 aromatic carbocycles. The number of allylic oxidation sites excluding steroid dienone is 6. The van der Waals surface area contributed by atoms with Gasteiger partial charge in [0.05, 0.1) is 27.7 Å². The van der Waals surface area contributed by atoms with E-state index in [1.54, 1.807) is 0 Å². The van der Waals surface area contributed by atoms with Crippen LogP contribution in [0.4, 0.5) is 0 Å². The molecule has 1 N–H and O–H groups in total. The third-order valence-electron chi connectivity index (χ3n) is 9.43. The van der Waals surface area contributed by atoms with Crippen molar-refractivity contribution < 1.29 is 42.1 Å². The first-order valence-electron chi connectivity index (χ1n) is 22.2. The lowest BCUT2D eigenvalue weighted by Crippen LogP contribution is -2.37. The monoisotopic (exact) mass is 799 g/mol. The Morgan fingerprint density at radius 3 is 1.55 bits per heavy atom. The molecule has 2 atom stereocenters. The number of likely N-dealkylation sites (N-methyl/N-ethyl adjacent to an activating group) is 1. The molecule has 0 spiro atoms. The van der Waals surface area contributed by atoms with Crippen molar-refractivity contribution >= 4 is 19.8 Å². The summed E-state index contributed by atoms with van der Waals surface area (Å²) in [5.74, 6) is -0.828. The molecular formula is C45H85NO8P+. The van der Waals surface area contributed by atoms with Gasteiger partial charge in [0.1, 0.15) is 19.8 Å². The van der Waals surface area contributed by atoms with Crippen molar-refractivity contribution in [3.8, 4) is 0 Å². The molecular weight excluding hydrogens is 713 g/mol. The molecule has 2 unspecified atom stereocenters. The topological polar surface area (TPSA) is 108 Å². The van der Waals surface area contributed by atoms with Crippen LogP contribution in [0.2, 0.25) is 0 Å². The summed E-state index contributed by atoms with van der Waals surface area (Å²) in [5, 5.41) is 0. The third-order valence-corrected chi connectivity index (χ3v) is 10.4. The second kappa shape index (κ2) is 37.8. The minimum absolute atomic E-state index is 0.0264. The molecule has 0 aliphatic carbocycles. The fraction of sp³-hybridized carbons (Fsp3) is 0.822. The van der Waals surface area contributed by atoms with Gasteiger partial charge in [0.2, 0.25) is 0 Å². The predicted molar refractivity (Wildman–Crippen MR) is 229 cm³/mol. The van der Waals surface area contributed by atoms with Crippen molar-refractivity contribution in [2.45, 2.75) is 193 Å². The van der Waals surface area contributed by atoms with E-state index in [9.17, 15) is 19.0 Å². The molecule has 0 fully saturated rings. The van der Waals surface area contributed by atoms with Crippen LogP contribution in [0.25, 0.3) is 0 Å². The number of carbonyl (C=O) groups is 2. The number of hydrogen-bond donors (Lipinski definition) is 1. The van der Waals surface area contributed by atoms with E-state index in [1.807, 2.05) is 21.1 Å². The number of nitrogens with zero attached hydrogens (tertiary/aromatic N) is 1. The third kappa shape index (κ3) is 41.7. The molecule has 55 heavy (non-hydrogen) atoms. The summed E-state index contributed by atoms with van der Waals surface area (Å²) in [5.41, 5.74) is 0. The standard InChI is InChI=1S/C45H84NO8P/c1-6-8-10-12-14-16-18-20-21-22-23-24-26-27-29-31-33-35-37-44(47)51-41-43(42-53-55(49,50)52-40-39-46(3,4)5)54-45(48)38-36-34-32-30-28-25-19-17-15-13-11-9-7-2/h9,11,15,17,25,28,43H,6-8,10,12-14,16,18-24,26-27,29-42H2,1-5H3/p+1/b11-9-,17-15-,28-25-. The van der Waals surface area contributed by atoms with Crippen LogP contribution >= 0.6 is 7.82 Å². The van der Waals surface area contributed by atoms with Crippen LogP contribution in [-0.4, -0.2) is 74.9 Å². The second-order valence-corrected chi connectivity index (χ2v) is 17.5. The SMILES string of the molecule is CC/C=C\C/C=C\C/C=C\CCCCCC(=O)OC(COC(=O)CCCCCCCCCCCCCCCCCCCC)COP(=O)(O)OCC[N+](C)(C)C. The quantitative estimate of drug-likeness (QED) is 0.0215. The van der Waals surface area contributed by atoms with Gasteiger partial charge in [0, 0.05) is 12.8 Å². The number of rotatable bonds is 40. The Labute approximate surface area is 338 Å². The highest BCUT2D eigenvalue weighted by atomic mass is 31.2. The second-order valence-electron chi connectivity index (χ2n) is 16.1. The van der Waals surface area contributed by atoms with E-state index in [1.165, 1.54) is 96.3 Å². The zero-order valence-electron chi connectivity index (χ0n) is 36.2. The molecule has 0 aromatic heterocycles. The summed E-state index contributed by atoms with van der Waals surface area (Å²) in [4.78, 5) is 35.3. The zero-order valence-corrected chi connectivity index (χ0v) is 37.1. The van der Waals surface area contributed by atoms with Crippen LogP contribution in [0.15, 0.2) is 36.5 Å². The first-order chi connectivity index (χ1) is 26.5. The highest BCUT2D eigenvalue weighted by Crippen LogP contribution is 2.43. The normalized spacial score (nSPS) is 13.9. The van der Waals surface area contributed by atoms with E-state index < -0.39 is 26.5 Å². The van der Waals surface area contributed by atoms with E-state index in [4.69, 9.17) is 18.5 Å². The molecule has 0 aliphatic rings. The van der Waals surface area contributed by atoms with Gasteiger partial charge in [-0.2, -0.15) is 0 Å². The lowest BCUT2D eigenvalue weighted by atomic mass is 10.0. The lowest BCUT2D eigenvalue weighted by molar-refractivity contribution is -0.870. The summed E-state index contributed by atoms with van der Waals surface area (Å²) in [6.07, 6.45) is 42.0. The molecule has 0 aromatic rings. The largest absolute Gasteiger partial charge is 0.472 e. The van der Waals surface area contributed by atoms with Crippen LogP contribution in [-0.2, 0) is 32.7 Å². The number of phosphoric ester groups is 1. The number of esters is 2. The van der Waals surface area contributed by atoms with Gasteiger partial charge in [0.25, 0.3) is 0 Å². The molecule has 0 saturated carbocycles. The Bertz CT molecular complexity index is 1040. The Hall–Kier alpha value is -1.77. The number of quaternary nitrogens is 1. The van der Waals surface area contributed by atoms with Crippen LogP contribution in [0.5, 0.6) is 0 Å². The summed E-state index contributed by atoms with van der Waals surface area (Å²) < 4.78 is 34.3. The molecule has 0 aliphatic heterocycles. The van der Waals surface area contributed by atoms with E-state index in [0.29, 0.717) is 17.4 Å². The van der Waals surface area contributed by atoms with E-state index >= 15 is 0 Å². The number of unbranched alkanes of at least 4 members (excludes halogenated alkanes) is 20. The van der Waals surface area contributed by atoms with Crippen molar-refractivity contribution in [3.63, 3.8) is 0 Å². The molecule has 10 heteroatoms. The maximum atomic E-state index is 12.7. The van der Waals surface area contributed by atoms with Crippen LogP contribution < -0.4 is 0 Å². The summed E-state index contributed by atoms with van der Waals surface area (Å²) in [6.45, 7) is 4.28. The van der Waals surface area contributed by atoms with Crippen molar-refractivity contribution in [1.82, 2.24) is 0 Å². The minimum atomic E-state index is -4.38. The maximum absolute atomic E-state index is 12.7.